The Kier molecular flexibility index (Phi) is 3.61. The van der Waals surface area contributed by atoms with E-state index in [0.29, 0.717) is 16.9 Å². The Hall–Kier alpha value is -2.63. The van der Waals surface area contributed by atoms with Crippen molar-refractivity contribution in [2.45, 2.75) is 13.8 Å². The van der Waals surface area contributed by atoms with Crippen molar-refractivity contribution >= 4 is 23.2 Å². The van der Waals surface area contributed by atoms with Crippen molar-refractivity contribution in [1.29, 1.82) is 0 Å². The Morgan fingerprint density at radius 1 is 1.21 bits per heavy atom. The lowest BCUT2D eigenvalue weighted by atomic mass is 10.2. The van der Waals surface area contributed by atoms with Gasteiger partial charge < -0.3 is 15.2 Å². The lowest BCUT2D eigenvalue weighted by Crippen LogP contribution is -2.14. The molecule has 2 rings (SSSR count). The van der Waals surface area contributed by atoms with Gasteiger partial charge in [-0.1, -0.05) is 11.2 Å². The zero-order chi connectivity index (χ0) is 13.8. The molecule has 1 aromatic carbocycles. The first kappa shape index (κ1) is 12.8. The van der Waals surface area contributed by atoms with E-state index in [2.05, 4.69) is 15.8 Å². The zero-order valence-corrected chi connectivity index (χ0v) is 10.6. The fourth-order valence-electron chi connectivity index (χ4n) is 1.57. The van der Waals surface area contributed by atoms with Crippen molar-refractivity contribution in [3.63, 3.8) is 0 Å². The molecule has 0 atom stereocenters. The third-order valence-electron chi connectivity index (χ3n) is 2.40. The molecule has 6 heteroatoms. The van der Waals surface area contributed by atoms with Crippen molar-refractivity contribution in [2.75, 3.05) is 10.6 Å². The Morgan fingerprint density at radius 3 is 2.47 bits per heavy atom. The van der Waals surface area contributed by atoms with E-state index in [0.717, 1.165) is 0 Å². The summed E-state index contributed by atoms with van der Waals surface area (Å²) in [5.41, 5.74) is 2.08. The fourth-order valence-corrected chi connectivity index (χ4v) is 1.57. The number of rotatable bonds is 3. The van der Waals surface area contributed by atoms with Gasteiger partial charge in [-0.15, -0.1) is 0 Å². The van der Waals surface area contributed by atoms with E-state index < -0.39 is 0 Å². The number of hydrogen-bond acceptors (Lipinski definition) is 4. The number of aryl methyl sites for hydroxylation is 1. The number of aromatic nitrogens is 1. The highest BCUT2D eigenvalue weighted by molar-refractivity contribution is 6.04. The minimum Gasteiger partial charge on any atom is -0.364 e. The summed E-state index contributed by atoms with van der Waals surface area (Å²) in [4.78, 5) is 22.9. The molecule has 2 amide bonds. The molecule has 1 heterocycles. The summed E-state index contributed by atoms with van der Waals surface area (Å²) in [5.74, 6) is -0.526. The minimum atomic E-state index is -0.355. The predicted molar refractivity (Wildman–Crippen MR) is 69.9 cm³/mol. The highest BCUT2D eigenvalue weighted by Gasteiger charge is 2.13. The topological polar surface area (TPSA) is 84.2 Å². The Balaban J connectivity index is 2.13. The number of nitrogens with one attached hydrogen (secondary N) is 2. The molecule has 0 fully saturated rings. The molecule has 2 aromatic rings. The SMILES string of the molecule is CC(=O)Nc1cccc(NC(=O)c2nocc2C)c1. The van der Waals surface area contributed by atoms with Gasteiger partial charge in [0.1, 0.15) is 6.26 Å². The van der Waals surface area contributed by atoms with Crippen molar-refractivity contribution < 1.29 is 14.1 Å². The maximum atomic E-state index is 11.9. The normalized spacial score (nSPS) is 10.0. The maximum Gasteiger partial charge on any atom is 0.278 e. The average Bonchev–Trinajstić information content (AvgIpc) is 2.75. The molecule has 0 aliphatic carbocycles. The molecule has 0 aliphatic rings. The van der Waals surface area contributed by atoms with E-state index in [-0.39, 0.29) is 17.5 Å². The monoisotopic (exact) mass is 259 g/mol. The predicted octanol–water partition coefficient (Wildman–Crippen LogP) is 2.19. The van der Waals surface area contributed by atoms with E-state index in [1.165, 1.54) is 13.2 Å². The second-order valence-electron chi connectivity index (χ2n) is 4.06. The van der Waals surface area contributed by atoms with Crippen LogP contribution in [0, 0.1) is 6.92 Å². The molecule has 0 saturated heterocycles. The number of nitrogens with zero attached hydrogens (tertiary/aromatic N) is 1. The molecule has 0 bridgehead atoms. The van der Waals surface area contributed by atoms with E-state index in [1.807, 2.05) is 0 Å². The van der Waals surface area contributed by atoms with Gasteiger partial charge in [-0.25, -0.2) is 0 Å². The van der Waals surface area contributed by atoms with Gasteiger partial charge in [-0.3, -0.25) is 9.59 Å². The van der Waals surface area contributed by atoms with Crippen LogP contribution in [0.2, 0.25) is 0 Å². The van der Waals surface area contributed by atoms with Gasteiger partial charge in [0.2, 0.25) is 5.91 Å². The van der Waals surface area contributed by atoms with Gasteiger partial charge in [0.15, 0.2) is 5.69 Å². The van der Waals surface area contributed by atoms with Crippen LogP contribution in [0.5, 0.6) is 0 Å². The summed E-state index contributed by atoms with van der Waals surface area (Å²) < 4.78 is 4.71. The third kappa shape index (κ3) is 3.19. The van der Waals surface area contributed by atoms with E-state index in [4.69, 9.17) is 4.52 Å². The van der Waals surface area contributed by atoms with Gasteiger partial charge in [-0.05, 0) is 25.1 Å². The van der Waals surface area contributed by atoms with Crippen molar-refractivity contribution in [3.8, 4) is 0 Å². The molecule has 0 saturated carbocycles. The molecule has 19 heavy (non-hydrogen) atoms. The molecule has 2 N–H and O–H groups in total. The van der Waals surface area contributed by atoms with E-state index in [1.54, 1.807) is 31.2 Å². The average molecular weight is 259 g/mol. The van der Waals surface area contributed by atoms with Crippen LogP contribution in [0.15, 0.2) is 35.1 Å². The fraction of sp³-hybridized carbons (Fsp3) is 0.154. The quantitative estimate of drug-likeness (QED) is 0.884. The van der Waals surface area contributed by atoms with Gasteiger partial charge in [0.05, 0.1) is 0 Å². The highest BCUT2D eigenvalue weighted by Crippen LogP contribution is 2.16. The van der Waals surface area contributed by atoms with Gasteiger partial charge in [0, 0.05) is 23.9 Å². The van der Waals surface area contributed by atoms with Crippen molar-refractivity contribution in [3.05, 3.63) is 41.8 Å². The van der Waals surface area contributed by atoms with Crippen LogP contribution < -0.4 is 10.6 Å². The van der Waals surface area contributed by atoms with Crippen LogP contribution in [0.3, 0.4) is 0 Å². The van der Waals surface area contributed by atoms with E-state index >= 15 is 0 Å². The van der Waals surface area contributed by atoms with Crippen molar-refractivity contribution in [1.82, 2.24) is 5.16 Å². The lowest BCUT2D eigenvalue weighted by Gasteiger charge is -2.06. The van der Waals surface area contributed by atoms with Crippen LogP contribution in [0.25, 0.3) is 0 Å². The summed E-state index contributed by atoms with van der Waals surface area (Å²) in [5, 5.41) is 8.95. The molecule has 0 unspecified atom stereocenters. The number of anilines is 2. The number of hydrogen-bond donors (Lipinski definition) is 2. The highest BCUT2D eigenvalue weighted by atomic mass is 16.5. The number of carbonyl (C=O) groups is 2. The zero-order valence-electron chi connectivity index (χ0n) is 10.6. The third-order valence-corrected chi connectivity index (χ3v) is 2.40. The summed E-state index contributed by atoms with van der Waals surface area (Å²) in [6.45, 7) is 3.16. The first-order chi connectivity index (χ1) is 9.06. The summed E-state index contributed by atoms with van der Waals surface area (Å²) >= 11 is 0. The van der Waals surface area contributed by atoms with Crippen LogP contribution in [0.1, 0.15) is 23.0 Å². The second kappa shape index (κ2) is 5.34. The second-order valence-corrected chi connectivity index (χ2v) is 4.06. The molecule has 0 spiro atoms. The van der Waals surface area contributed by atoms with Crippen LogP contribution in [-0.4, -0.2) is 17.0 Å². The van der Waals surface area contributed by atoms with E-state index in [9.17, 15) is 9.59 Å². The summed E-state index contributed by atoms with van der Waals surface area (Å²) in [6.07, 6.45) is 1.41. The smallest absolute Gasteiger partial charge is 0.278 e. The standard InChI is InChI=1S/C13H13N3O3/c1-8-7-19-16-12(8)13(18)15-11-5-3-4-10(6-11)14-9(2)17/h3-7H,1-2H3,(H,14,17)(H,15,18). The Morgan fingerprint density at radius 2 is 1.89 bits per heavy atom. The van der Waals surface area contributed by atoms with Crippen LogP contribution >= 0.6 is 0 Å². The molecule has 0 radical (unpaired) electrons. The number of amides is 2. The van der Waals surface area contributed by atoms with Crippen LogP contribution in [0.4, 0.5) is 11.4 Å². The van der Waals surface area contributed by atoms with Crippen molar-refractivity contribution in [2.24, 2.45) is 0 Å². The largest absolute Gasteiger partial charge is 0.364 e. The Bertz CT molecular complexity index is 619. The maximum absolute atomic E-state index is 11.9. The molecule has 98 valence electrons. The summed E-state index contributed by atoms with van der Waals surface area (Å²) in [7, 11) is 0. The molecular formula is C13H13N3O3. The molecular weight excluding hydrogens is 246 g/mol. The lowest BCUT2D eigenvalue weighted by molar-refractivity contribution is -0.114. The number of benzene rings is 1. The first-order valence-corrected chi connectivity index (χ1v) is 5.66. The van der Waals surface area contributed by atoms with Crippen LogP contribution in [-0.2, 0) is 4.79 Å². The first-order valence-electron chi connectivity index (χ1n) is 5.66. The molecule has 0 aliphatic heterocycles. The van der Waals surface area contributed by atoms with Gasteiger partial charge >= 0.3 is 0 Å². The molecule has 1 aromatic heterocycles. The number of carbonyl (C=O) groups excluding carboxylic acids is 2. The van der Waals surface area contributed by atoms with Gasteiger partial charge in [0.25, 0.3) is 5.91 Å². The molecule has 6 nitrogen and oxygen atoms in total. The van der Waals surface area contributed by atoms with Gasteiger partial charge in [-0.2, -0.15) is 0 Å². The summed E-state index contributed by atoms with van der Waals surface area (Å²) in [6, 6.07) is 6.85. The Labute approximate surface area is 109 Å². The minimum absolute atomic E-state index is 0.171.